The lowest BCUT2D eigenvalue weighted by Crippen LogP contribution is -2.35. The maximum atomic E-state index is 15.2. The van der Waals surface area contributed by atoms with Crippen LogP contribution in [0.25, 0.3) is 0 Å². The van der Waals surface area contributed by atoms with Crippen molar-refractivity contribution in [3.63, 3.8) is 0 Å². The molecule has 0 spiro atoms. The van der Waals surface area contributed by atoms with Crippen LogP contribution < -0.4 is 22.7 Å². The van der Waals surface area contributed by atoms with E-state index in [2.05, 4.69) is 9.97 Å². The lowest BCUT2D eigenvalue weighted by molar-refractivity contribution is -0.0500. The Labute approximate surface area is 211 Å². The number of phosphoric ester groups is 1. The third kappa shape index (κ3) is 5.88. The monoisotopic (exact) mass is 565 g/mol. The van der Waals surface area contributed by atoms with Gasteiger partial charge in [0.15, 0.2) is 6.17 Å². The Hall–Kier alpha value is -2.37. The molecule has 204 valence electrons. The summed E-state index contributed by atoms with van der Waals surface area (Å²) in [7, 11) is -4.96. The van der Waals surface area contributed by atoms with Crippen LogP contribution in [-0.2, 0) is 18.3 Å². The van der Waals surface area contributed by atoms with E-state index in [4.69, 9.17) is 19.5 Å². The molecule has 8 atom stereocenters. The number of hydrogen-bond acceptors (Lipinski definition) is 12. The quantitative estimate of drug-likeness (QED) is 0.237. The second kappa shape index (κ2) is 10.8. The molecule has 2 aromatic rings. The van der Waals surface area contributed by atoms with Gasteiger partial charge < -0.3 is 25.6 Å². The van der Waals surface area contributed by atoms with Gasteiger partial charge in [-0.25, -0.2) is 18.5 Å². The van der Waals surface area contributed by atoms with Crippen molar-refractivity contribution in [2.75, 3.05) is 18.9 Å². The number of aromatic amines is 1. The molecule has 2 aliphatic rings. The fourth-order valence-electron chi connectivity index (χ4n) is 4.00. The van der Waals surface area contributed by atoms with Gasteiger partial charge in [-0.15, -0.1) is 11.8 Å². The average Bonchev–Trinajstić information content (AvgIpc) is 3.34. The van der Waals surface area contributed by atoms with Gasteiger partial charge in [0.25, 0.3) is 5.56 Å². The Kier molecular flexibility index (Phi) is 8.06. The van der Waals surface area contributed by atoms with Crippen LogP contribution in [0.15, 0.2) is 32.8 Å². The normalized spacial score (nSPS) is 31.4. The highest BCUT2D eigenvalue weighted by Crippen LogP contribution is 2.53. The number of phosphoric acid groups is 1. The summed E-state index contributed by atoms with van der Waals surface area (Å²) in [5.41, 5.74) is 3.49. The molecule has 0 bridgehead atoms. The fraction of sp³-hybridized carbons (Fsp3) is 0.579. The first-order chi connectivity index (χ1) is 17.4. The number of alkyl halides is 1. The molecule has 2 saturated heterocycles. The fourth-order valence-corrected chi connectivity index (χ4v) is 6.45. The van der Waals surface area contributed by atoms with Crippen molar-refractivity contribution in [1.82, 2.24) is 19.1 Å². The zero-order chi connectivity index (χ0) is 27.1. The number of nitrogen functional groups attached to an aromatic ring is 1. The van der Waals surface area contributed by atoms with Crippen LogP contribution >= 0.6 is 19.6 Å². The van der Waals surface area contributed by atoms with Crippen LogP contribution in [0.1, 0.15) is 23.6 Å². The SMILES string of the molecule is Cc1cn([C@H]2C[C@H](O)[C@@H](COP(=O)(O)O[C@H]3[C@H](F)[C@H](n4ccc(N)nc4=O)S[C@@H]3CO)O2)c(=O)[nH]c1=O. The van der Waals surface area contributed by atoms with Crippen LogP contribution in [0.2, 0.25) is 0 Å². The van der Waals surface area contributed by atoms with Gasteiger partial charge in [-0.3, -0.25) is 28.0 Å². The molecule has 2 fully saturated rings. The number of aryl methyl sites for hydroxylation is 1. The number of nitrogens with two attached hydrogens (primary N) is 1. The predicted molar refractivity (Wildman–Crippen MR) is 127 cm³/mol. The topological polar surface area (TPSA) is 221 Å². The summed E-state index contributed by atoms with van der Waals surface area (Å²) >= 11 is 0.808. The van der Waals surface area contributed by atoms with E-state index in [0.717, 1.165) is 20.9 Å². The van der Waals surface area contributed by atoms with Crippen molar-refractivity contribution in [3.8, 4) is 0 Å². The molecule has 0 aliphatic carbocycles. The summed E-state index contributed by atoms with van der Waals surface area (Å²) in [5.74, 6) is -0.0708. The van der Waals surface area contributed by atoms with Crippen LogP contribution in [0.4, 0.5) is 10.2 Å². The molecule has 0 saturated carbocycles. The van der Waals surface area contributed by atoms with Crippen molar-refractivity contribution < 1.29 is 37.8 Å². The molecule has 15 nitrogen and oxygen atoms in total. The second-order valence-corrected chi connectivity index (χ2v) is 11.2. The van der Waals surface area contributed by atoms with Gasteiger partial charge in [0.05, 0.1) is 24.6 Å². The van der Waals surface area contributed by atoms with E-state index in [1.54, 1.807) is 0 Å². The molecule has 1 unspecified atom stereocenters. The van der Waals surface area contributed by atoms with E-state index in [1.165, 1.54) is 25.4 Å². The Bertz CT molecular complexity index is 1370. The minimum atomic E-state index is -4.96. The van der Waals surface area contributed by atoms with E-state index >= 15 is 4.39 Å². The smallest absolute Gasteiger partial charge is 0.395 e. The summed E-state index contributed by atoms with van der Waals surface area (Å²) in [6.45, 7) is 0.181. The van der Waals surface area contributed by atoms with E-state index in [9.17, 15) is 34.1 Å². The Morgan fingerprint density at radius 1 is 1.38 bits per heavy atom. The largest absolute Gasteiger partial charge is 0.472 e. The van der Waals surface area contributed by atoms with E-state index in [-0.39, 0.29) is 17.8 Å². The molecule has 6 N–H and O–H groups in total. The molecule has 0 radical (unpaired) electrons. The number of halogens is 1. The van der Waals surface area contributed by atoms with Crippen LogP contribution in [0, 0.1) is 6.92 Å². The minimum Gasteiger partial charge on any atom is -0.395 e. The highest BCUT2D eigenvalue weighted by molar-refractivity contribution is 8.00. The first kappa shape index (κ1) is 27.7. The average molecular weight is 565 g/mol. The molecule has 0 amide bonds. The number of aliphatic hydroxyl groups excluding tert-OH is 2. The molecule has 2 aromatic heterocycles. The Balaban J connectivity index is 1.41. The molecule has 18 heteroatoms. The van der Waals surface area contributed by atoms with Crippen molar-refractivity contribution >= 4 is 25.4 Å². The number of aromatic nitrogens is 4. The molecule has 37 heavy (non-hydrogen) atoms. The van der Waals surface area contributed by atoms with Gasteiger partial charge in [-0.2, -0.15) is 4.98 Å². The molecular weight excluding hydrogens is 540 g/mol. The summed E-state index contributed by atoms with van der Waals surface area (Å²) in [6, 6.07) is 1.28. The number of H-pyrrole nitrogens is 1. The molecule has 4 rings (SSSR count). The zero-order valence-corrected chi connectivity index (χ0v) is 21.0. The summed E-state index contributed by atoms with van der Waals surface area (Å²) < 4.78 is 45.4. The maximum Gasteiger partial charge on any atom is 0.472 e. The van der Waals surface area contributed by atoms with Crippen molar-refractivity contribution in [3.05, 3.63) is 55.3 Å². The van der Waals surface area contributed by atoms with Gasteiger partial charge in [0.1, 0.15) is 29.6 Å². The molecular formula is C19H25FN5O10PS. The third-order valence-electron chi connectivity index (χ3n) is 5.89. The lowest BCUT2D eigenvalue weighted by Gasteiger charge is -2.23. The first-order valence-electron chi connectivity index (χ1n) is 11.0. The summed E-state index contributed by atoms with van der Waals surface area (Å²) in [4.78, 5) is 51.6. The zero-order valence-electron chi connectivity index (χ0n) is 19.2. The molecule has 4 heterocycles. The van der Waals surface area contributed by atoms with Crippen LogP contribution in [-0.4, -0.2) is 77.2 Å². The van der Waals surface area contributed by atoms with Crippen molar-refractivity contribution in [2.45, 2.75) is 54.7 Å². The standard InChI is InChI=1S/C19H25FN5O10PS/c1-8-5-25(19(30)23-16(8)28)13-4-9(27)10(34-13)7-33-36(31,32)35-15-11(6-26)37-17(14(15)20)24-3-2-12(21)22-18(24)29/h2-3,5,9-11,13-15,17,26-27H,4,6-7H2,1H3,(H,31,32)(H2,21,22,29)(H,23,28,30)/t9-,10+,11+,13+,14-,15+,17+/m0/s1. The number of nitrogens with zero attached hydrogens (tertiary/aromatic N) is 3. The number of thioether (sulfide) groups is 1. The minimum absolute atomic E-state index is 0.0708. The maximum absolute atomic E-state index is 15.2. The number of aliphatic hydroxyl groups is 2. The number of rotatable bonds is 8. The first-order valence-corrected chi connectivity index (χ1v) is 13.4. The second-order valence-electron chi connectivity index (χ2n) is 8.48. The lowest BCUT2D eigenvalue weighted by atomic mass is 10.1. The van der Waals surface area contributed by atoms with E-state index in [1.807, 2.05) is 0 Å². The van der Waals surface area contributed by atoms with Crippen molar-refractivity contribution in [1.29, 1.82) is 0 Å². The highest BCUT2D eigenvalue weighted by Gasteiger charge is 2.50. The number of nitrogens with one attached hydrogen (secondary N) is 1. The van der Waals surface area contributed by atoms with Gasteiger partial charge in [0.2, 0.25) is 0 Å². The highest BCUT2D eigenvalue weighted by atomic mass is 32.2. The summed E-state index contributed by atoms with van der Waals surface area (Å²) in [6.07, 6.45) is -4.61. The number of hydrogen-bond donors (Lipinski definition) is 5. The summed E-state index contributed by atoms with van der Waals surface area (Å²) in [5, 5.41) is 17.7. The number of anilines is 1. The molecule has 2 aliphatic heterocycles. The number of ether oxygens (including phenoxy) is 1. The van der Waals surface area contributed by atoms with Crippen molar-refractivity contribution in [2.24, 2.45) is 0 Å². The van der Waals surface area contributed by atoms with Gasteiger partial charge in [-0.05, 0) is 13.0 Å². The van der Waals surface area contributed by atoms with E-state index in [0.29, 0.717) is 0 Å². The predicted octanol–water partition coefficient (Wildman–Crippen LogP) is -1.22. The van der Waals surface area contributed by atoms with Crippen LogP contribution in [0.5, 0.6) is 0 Å². The van der Waals surface area contributed by atoms with E-state index < -0.39 is 79.3 Å². The Morgan fingerprint density at radius 2 is 2.11 bits per heavy atom. The molecule has 0 aromatic carbocycles. The Morgan fingerprint density at radius 3 is 2.78 bits per heavy atom. The van der Waals surface area contributed by atoms with Gasteiger partial charge in [-0.1, -0.05) is 0 Å². The van der Waals surface area contributed by atoms with Crippen LogP contribution in [0.3, 0.4) is 0 Å². The van der Waals surface area contributed by atoms with Gasteiger partial charge >= 0.3 is 19.2 Å². The van der Waals surface area contributed by atoms with Gasteiger partial charge in [0, 0.05) is 24.4 Å². The third-order valence-corrected chi connectivity index (χ3v) is 8.41.